The number of aromatic nitrogens is 2. The maximum atomic E-state index is 11.9. The zero-order valence-corrected chi connectivity index (χ0v) is 15.5. The van der Waals surface area contributed by atoms with Crippen molar-refractivity contribution >= 4 is 23.3 Å². The minimum absolute atomic E-state index is 0.0893. The average molecular weight is 357 g/mol. The number of hydrogen-bond donors (Lipinski definition) is 1. The largest absolute Gasteiger partial charge is 0.456 e. The average Bonchev–Trinajstić information content (AvgIpc) is 2.83. The highest BCUT2D eigenvalue weighted by Gasteiger charge is 2.13. The predicted molar refractivity (Wildman–Crippen MR) is 97.0 cm³/mol. The van der Waals surface area contributed by atoms with Crippen molar-refractivity contribution in [2.45, 2.75) is 33.6 Å². The van der Waals surface area contributed by atoms with Crippen molar-refractivity contribution in [3.8, 4) is 0 Å². The van der Waals surface area contributed by atoms with Crippen LogP contribution in [0.1, 0.15) is 40.7 Å². The first-order valence-corrected chi connectivity index (χ1v) is 8.33. The van der Waals surface area contributed by atoms with E-state index in [2.05, 4.69) is 10.4 Å². The Morgan fingerprint density at radius 3 is 2.58 bits per heavy atom. The molecule has 0 aliphatic rings. The number of ketones is 1. The second-order valence-corrected chi connectivity index (χ2v) is 6.12. The first kappa shape index (κ1) is 19.4. The Kier molecular flexibility index (Phi) is 6.27. The van der Waals surface area contributed by atoms with Crippen molar-refractivity contribution < 1.29 is 19.1 Å². The second kappa shape index (κ2) is 8.42. The molecule has 1 heterocycles. The van der Waals surface area contributed by atoms with Crippen LogP contribution in [-0.2, 0) is 27.8 Å². The van der Waals surface area contributed by atoms with Gasteiger partial charge in [0.05, 0.1) is 5.69 Å². The lowest BCUT2D eigenvalue weighted by molar-refractivity contribution is -0.147. The molecule has 0 bridgehead atoms. The minimum atomic E-state index is -0.451. The number of ether oxygens (including phenoxy) is 1. The molecule has 1 amide bonds. The fourth-order valence-electron chi connectivity index (χ4n) is 2.64. The summed E-state index contributed by atoms with van der Waals surface area (Å²) in [5.74, 6) is -0.985. The molecule has 0 spiro atoms. The molecule has 1 aromatic carbocycles. The standard InChI is InChI=1S/C19H23N3O4/c1-12-17(13(2)22(4)21-12)8-9-19(25)26-11-18(24)20-16-7-5-6-15(10-16)14(3)23/h5-7,10H,8-9,11H2,1-4H3,(H,20,24). The van der Waals surface area contributed by atoms with Gasteiger partial charge in [-0.15, -0.1) is 0 Å². The van der Waals surface area contributed by atoms with Gasteiger partial charge in [0, 0.05) is 30.4 Å². The fourth-order valence-corrected chi connectivity index (χ4v) is 2.64. The number of nitrogens with one attached hydrogen (secondary N) is 1. The Labute approximate surface area is 152 Å². The third-order valence-corrected chi connectivity index (χ3v) is 4.16. The van der Waals surface area contributed by atoms with Crippen LogP contribution in [0.3, 0.4) is 0 Å². The summed E-state index contributed by atoms with van der Waals surface area (Å²) in [6.07, 6.45) is 0.701. The molecule has 7 nitrogen and oxygen atoms in total. The van der Waals surface area contributed by atoms with E-state index in [0.29, 0.717) is 17.7 Å². The van der Waals surface area contributed by atoms with Crippen LogP contribution < -0.4 is 5.32 Å². The minimum Gasteiger partial charge on any atom is -0.456 e. The SMILES string of the molecule is CC(=O)c1cccc(NC(=O)COC(=O)CCc2c(C)nn(C)c2C)c1. The fraction of sp³-hybridized carbons (Fsp3) is 0.368. The number of carbonyl (C=O) groups excluding carboxylic acids is 3. The van der Waals surface area contributed by atoms with Crippen LogP contribution in [0.4, 0.5) is 5.69 Å². The molecule has 0 saturated carbocycles. The van der Waals surface area contributed by atoms with Crippen molar-refractivity contribution in [2.24, 2.45) is 7.05 Å². The molecule has 0 unspecified atom stereocenters. The van der Waals surface area contributed by atoms with E-state index in [4.69, 9.17) is 4.74 Å². The molecule has 1 aromatic heterocycles. The topological polar surface area (TPSA) is 90.3 Å². The van der Waals surface area contributed by atoms with Crippen molar-refractivity contribution in [3.63, 3.8) is 0 Å². The van der Waals surface area contributed by atoms with Gasteiger partial charge in [-0.05, 0) is 44.9 Å². The van der Waals surface area contributed by atoms with E-state index in [1.54, 1.807) is 28.9 Å². The van der Waals surface area contributed by atoms with Crippen LogP contribution in [0.5, 0.6) is 0 Å². The molecule has 0 aliphatic carbocycles. The Balaban J connectivity index is 1.80. The molecule has 0 radical (unpaired) electrons. The zero-order valence-electron chi connectivity index (χ0n) is 15.5. The van der Waals surface area contributed by atoms with Gasteiger partial charge < -0.3 is 10.1 Å². The van der Waals surface area contributed by atoms with E-state index in [9.17, 15) is 14.4 Å². The number of anilines is 1. The lowest BCUT2D eigenvalue weighted by atomic mass is 10.1. The first-order chi connectivity index (χ1) is 12.3. The Morgan fingerprint density at radius 1 is 1.23 bits per heavy atom. The van der Waals surface area contributed by atoms with Gasteiger partial charge >= 0.3 is 5.97 Å². The number of esters is 1. The van der Waals surface area contributed by atoms with Gasteiger partial charge in [0.25, 0.3) is 5.91 Å². The third kappa shape index (κ3) is 5.02. The molecule has 0 fully saturated rings. The Hall–Kier alpha value is -2.96. The third-order valence-electron chi connectivity index (χ3n) is 4.16. The van der Waals surface area contributed by atoms with E-state index >= 15 is 0 Å². The number of rotatable bonds is 7. The Bertz CT molecular complexity index is 839. The highest BCUT2D eigenvalue weighted by atomic mass is 16.5. The van der Waals surface area contributed by atoms with Gasteiger partial charge in [0.1, 0.15) is 0 Å². The number of aryl methyl sites for hydroxylation is 2. The van der Waals surface area contributed by atoms with Crippen molar-refractivity contribution in [2.75, 3.05) is 11.9 Å². The van der Waals surface area contributed by atoms with E-state index < -0.39 is 11.9 Å². The van der Waals surface area contributed by atoms with Gasteiger partial charge in [0.15, 0.2) is 12.4 Å². The van der Waals surface area contributed by atoms with Crippen molar-refractivity contribution in [1.82, 2.24) is 9.78 Å². The summed E-state index contributed by atoms with van der Waals surface area (Å²) in [5.41, 5.74) is 3.91. The number of nitrogens with zero attached hydrogens (tertiary/aromatic N) is 2. The van der Waals surface area contributed by atoms with Gasteiger partial charge in [-0.25, -0.2) is 0 Å². The molecular weight excluding hydrogens is 334 g/mol. The molecule has 0 atom stereocenters. The van der Waals surface area contributed by atoms with Crippen LogP contribution in [0, 0.1) is 13.8 Å². The number of benzene rings is 1. The second-order valence-electron chi connectivity index (χ2n) is 6.12. The lowest BCUT2D eigenvalue weighted by Gasteiger charge is -2.08. The molecule has 0 saturated heterocycles. The number of carbonyl (C=O) groups is 3. The van der Waals surface area contributed by atoms with Crippen LogP contribution in [0.25, 0.3) is 0 Å². The zero-order chi connectivity index (χ0) is 19.3. The molecule has 2 rings (SSSR count). The van der Waals surface area contributed by atoms with Gasteiger partial charge in [0.2, 0.25) is 0 Å². The quantitative estimate of drug-likeness (QED) is 0.607. The van der Waals surface area contributed by atoms with Crippen LogP contribution >= 0.6 is 0 Å². The molecule has 138 valence electrons. The summed E-state index contributed by atoms with van der Waals surface area (Å²) < 4.78 is 6.79. The number of amides is 1. The van der Waals surface area contributed by atoms with Crippen LogP contribution in [0.15, 0.2) is 24.3 Å². The highest BCUT2D eigenvalue weighted by molar-refractivity contribution is 5.97. The van der Waals surface area contributed by atoms with Crippen LogP contribution in [-0.4, -0.2) is 34.0 Å². The predicted octanol–water partition coefficient (Wildman–Crippen LogP) is 2.35. The van der Waals surface area contributed by atoms with Crippen molar-refractivity contribution in [1.29, 1.82) is 0 Å². The van der Waals surface area contributed by atoms with Gasteiger partial charge in [-0.1, -0.05) is 12.1 Å². The van der Waals surface area contributed by atoms with E-state index in [1.807, 2.05) is 20.9 Å². The van der Waals surface area contributed by atoms with Gasteiger partial charge in [-0.2, -0.15) is 5.10 Å². The summed E-state index contributed by atoms with van der Waals surface area (Å²) in [6.45, 7) is 4.93. The smallest absolute Gasteiger partial charge is 0.306 e. The summed E-state index contributed by atoms with van der Waals surface area (Å²) in [5, 5.41) is 6.91. The first-order valence-electron chi connectivity index (χ1n) is 8.33. The van der Waals surface area contributed by atoms with E-state index in [0.717, 1.165) is 17.0 Å². The summed E-state index contributed by atoms with van der Waals surface area (Å²) in [6, 6.07) is 6.59. The van der Waals surface area contributed by atoms with E-state index in [-0.39, 0.29) is 18.8 Å². The lowest BCUT2D eigenvalue weighted by Crippen LogP contribution is -2.21. The highest BCUT2D eigenvalue weighted by Crippen LogP contribution is 2.14. The van der Waals surface area contributed by atoms with E-state index in [1.165, 1.54) is 6.92 Å². The monoisotopic (exact) mass is 357 g/mol. The molecule has 7 heteroatoms. The molecule has 1 N–H and O–H groups in total. The van der Waals surface area contributed by atoms with Gasteiger partial charge in [-0.3, -0.25) is 19.1 Å². The van der Waals surface area contributed by atoms with Crippen LogP contribution in [0.2, 0.25) is 0 Å². The summed E-state index contributed by atoms with van der Waals surface area (Å²) in [4.78, 5) is 35.1. The molecule has 26 heavy (non-hydrogen) atoms. The summed E-state index contributed by atoms with van der Waals surface area (Å²) >= 11 is 0. The Morgan fingerprint density at radius 2 is 1.96 bits per heavy atom. The maximum absolute atomic E-state index is 11.9. The number of hydrogen-bond acceptors (Lipinski definition) is 5. The maximum Gasteiger partial charge on any atom is 0.306 e. The molecule has 2 aromatic rings. The summed E-state index contributed by atoms with van der Waals surface area (Å²) in [7, 11) is 1.86. The normalized spacial score (nSPS) is 10.5. The molecular formula is C19H23N3O4. The van der Waals surface area contributed by atoms with Crippen molar-refractivity contribution in [3.05, 3.63) is 46.8 Å². The molecule has 0 aliphatic heterocycles. The number of Topliss-reactive ketones (excluding diaryl/α,β-unsaturated/α-hetero) is 1.